The van der Waals surface area contributed by atoms with E-state index in [9.17, 15) is 28.8 Å². The number of nitrogen functional groups attached to an aromatic ring is 1. The molecular weight excluding hydrogens is 911 g/mol. The lowest BCUT2D eigenvalue weighted by Crippen LogP contribution is -2.22. The van der Waals surface area contributed by atoms with E-state index in [2.05, 4.69) is 53.7 Å². The molecule has 0 fully saturated rings. The molecule has 0 spiro atoms. The lowest BCUT2D eigenvalue weighted by molar-refractivity contribution is -0.117. The first-order chi connectivity index (χ1) is 29.1. The molecule has 0 unspecified atom stereocenters. The molecule has 0 radical (unpaired) electrons. The summed E-state index contributed by atoms with van der Waals surface area (Å²) < 4.78 is 19.8. The highest BCUT2D eigenvalue weighted by Crippen LogP contribution is 2.26. The number of anilines is 2. The molecule has 3 aromatic carbocycles. The lowest BCUT2D eigenvalue weighted by atomic mass is 9.93. The molecule has 6 N–H and O–H groups in total. The number of esters is 2. The number of carbonyl (C=O) groups excluding carboxylic acids is 5. The Balaban J connectivity index is 0. The second-order valence-electron chi connectivity index (χ2n) is 15.4. The van der Waals surface area contributed by atoms with Gasteiger partial charge in [0, 0.05) is 12.8 Å². The molecule has 16 heteroatoms. The van der Waals surface area contributed by atoms with Crippen LogP contribution >= 0.6 is 22.6 Å². The second kappa shape index (κ2) is 31.5. The maximum Gasteiger partial charge on any atom is 0.338 e. The van der Waals surface area contributed by atoms with Crippen molar-refractivity contribution in [2.24, 2.45) is 21.6 Å². The van der Waals surface area contributed by atoms with Crippen LogP contribution in [-0.4, -0.2) is 92.7 Å². The van der Waals surface area contributed by atoms with Crippen molar-refractivity contribution < 1.29 is 52.8 Å². The van der Waals surface area contributed by atoms with Gasteiger partial charge in [-0.2, -0.15) is 0 Å². The number of amides is 1. The fraction of sp³-hybridized carbons (Fsp3) is 0.457. The number of ketones is 1. The molecule has 0 saturated carbocycles. The molecule has 0 aliphatic rings. The maximum absolute atomic E-state index is 12.0. The summed E-state index contributed by atoms with van der Waals surface area (Å²) in [5, 5.41) is 11.2. The van der Waals surface area contributed by atoms with Crippen molar-refractivity contribution in [2.45, 2.75) is 81.6 Å². The summed E-state index contributed by atoms with van der Waals surface area (Å²) in [6.07, 6.45) is 4.64. The van der Waals surface area contributed by atoms with Crippen LogP contribution < -0.4 is 26.3 Å². The summed E-state index contributed by atoms with van der Waals surface area (Å²) in [5.41, 5.74) is 14.8. The number of nitrogens with one attached hydrogen (secondary N) is 1. The number of carboxylic acids is 1. The van der Waals surface area contributed by atoms with Crippen molar-refractivity contribution in [1.29, 1.82) is 0 Å². The number of hydrogen-bond acceptors (Lipinski definition) is 13. The van der Waals surface area contributed by atoms with Gasteiger partial charge in [0.2, 0.25) is 5.91 Å². The van der Waals surface area contributed by atoms with Gasteiger partial charge in [-0.1, -0.05) is 70.2 Å². The number of halogens is 1. The summed E-state index contributed by atoms with van der Waals surface area (Å²) in [7, 11) is 2.89. The van der Waals surface area contributed by atoms with Gasteiger partial charge in [-0.15, -0.1) is 0 Å². The third-order valence-electron chi connectivity index (χ3n) is 7.69. The van der Waals surface area contributed by atoms with Gasteiger partial charge in [-0.05, 0) is 109 Å². The van der Waals surface area contributed by atoms with Gasteiger partial charge in [-0.3, -0.25) is 14.6 Å². The number of ether oxygens (including phenoxy) is 4. The first kappa shape index (κ1) is 58.7. The van der Waals surface area contributed by atoms with Crippen LogP contribution in [0.1, 0.15) is 110 Å². The van der Waals surface area contributed by atoms with Gasteiger partial charge < -0.3 is 45.6 Å². The summed E-state index contributed by atoms with van der Waals surface area (Å²) in [6, 6.07) is 14.2. The predicted octanol–water partition coefficient (Wildman–Crippen LogP) is 8.21. The molecule has 62 heavy (non-hydrogen) atoms. The molecule has 0 heterocycles. The zero-order valence-electron chi connectivity index (χ0n) is 38.3. The second-order valence-corrected chi connectivity index (χ2v) is 15.4. The van der Waals surface area contributed by atoms with Gasteiger partial charge in [0.1, 0.15) is 17.8 Å². The summed E-state index contributed by atoms with van der Waals surface area (Å²) in [6.45, 7) is 18.7. The molecule has 3 aromatic rings. The Bertz CT molecular complexity index is 1900. The van der Waals surface area contributed by atoms with Crippen molar-refractivity contribution in [3.63, 3.8) is 0 Å². The fourth-order valence-corrected chi connectivity index (χ4v) is 4.44. The monoisotopic (exact) mass is 978 g/mol. The Labute approximate surface area is 380 Å². The number of benzene rings is 3. The van der Waals surface area contributed by atoms with Crippen LogP contribution in [-0.2, 0) is 30.3 Å². The number of aldehydes is 1. The molecule has 0 saturated heterocycles. The van der Waals surface area contributed by atoms with Crippen molar-refractivity contribution in [3.05, 3.63) is 82.4 Å². The highest BCUT2D eigenvalue weighted by atomic mass is 127. The Kier molecular flexibility index (Phi) is 29.8. The number of aromatic carboxylic acids is 1. The molecule has 0 aromatic heterocycles. The van der Waals surface area contributed by atoms with E-state index in [4.69, 9.17) is 35.5 Å². The van der Waals surface area contributed by atoms with Crippen LogP contribution in [0.4, 0.5) is 11.4 Å². The van der Waals surface area contributed by atoms with Gasteiger partial charge in [0.15, 0.2) is 5.78 Å². The molecule has 15 nitrogen and oxygen atoms in total. The predicted molar refractivity (Wildman–Crippen MR) is 254 cm³/mol. The average molecular weight is 979 g/mol. The van der Waals surface area contributed by atoms with Crippen molar-refractivity contribution in [2.75, 3.05) is 56.5 Å². The lowest BCUT2D eigenvalue weighted by Gasteiger charge is -2.13. The highest BCUT2D eigenvalue weighted by molar-refractivity contribution is 14.1. The zero-order valence-corrected chi connectivity index (χ0v) is 40.5. The van der Waals surface area contributed by atoms with E-state index < -0.39 is 11.9 Å². The molecule has 1 amide bonds. The van der Waals surface area contributed by atoms with E-state index in [1.54, 1.807) is 38.1 Å². The van der Waals surface area contributed by atoms with E-state index in [0.717, 1.165) is 23.8 Å². The number of rotatable bonds is 15. The molecule has 0 aliphatic carbocycles. The minimum atomic E-state index is -0.992. The molecule has 3 rings (SSSR count). The number of alkyl halides is 1. The van der Waals surface area contributed by atoms with Gasteiger partial charge in [0.25, 0.3) is 0 Å². The first-order valence-electron chi connectivity index (χ1n) is 19.7. The third kappa shape index (κ3) is 26.1. The standard InChI is InChI=1S/C19H27NO3.C12H16N2O4.C8H9NO3.C6H12O.CH3I/c1-6-23-18(22)16-8-7-15(14(2)11-16)12-17(21)13-20-10-9-19(3,4)5;1-3-18-12(16)8-4-5-9(10(6-8)17-2)14-11(15)7-13;1-12-7-4-5(8(10)11)2-3-6(7)9;1-6(2,3)4-5-7;1-2/h7-8,10-11H,6,9,12-13H2,1-5H3;4-6H,3,7,13H2,1-2H3,(H,14,15);2-4H,9H2,1H3,(H,10,11);5H,4H2,1-3H3;1H3. The molecule has 0 aliphatic heterocycles. The summed E-state index contributed by atoms with van der Waals surface area (Å²) in [4.78, 5) is 72.9. The number of carboxylic acid groups (broad SMARTS) is 1. The normalized spacial score (nSPS) is 10.4. The van der Waals surface area contributed by atoms with Crippen LogP contribution in [0.2, 0.25) is 0 Å². The van der Waals surface area contributed by atoms with Crippen molar-refractivity contribution >= 4 is 76.1 Å². The number of nitrogens with two attached hydrogens (primary N) is 2. The Morgan fingerprint density at radius 1 is 0.774 bits per heavy atom. The summed E-state index contributed by atoms with van der Waals surface area (Å²) in [5.74, 6) is -1.27. The molecule has 344 valence electrons. The van der Waals surface area contributed by atoms with Crippen LogP contribution in [0.5, 0.6) is 11.5 Å². The van der Waals surface area contributed by atoms with Gasteiger partial charge in [-0.25, -0.2) is 14.4 Å². The van der Waals surface area contributed by atoms with Gasteiger partial charge >= 0.3 is 17.9 Å². The van der Waals surface area contributed by atoms with E-state index in [1.165, 1.54) is 38.5 Å². The van der Waals surface area contributed by atoms with E-state index in [0.29, 0.717) is 60.1 Å². The SMILES string of the molecule is CC(C)(C)CC=O.CCOC(=O)c1ccc(CC(=O)CN=CCC(C)(C)C)c(C)c1.CCOC(=O)c1ccc(NC(=O)CN)c(OC)c1.CI.COc1cc(C(=O)O)ccc1N. The first-order valence-corrected chi connectivity index (χ1v) is 21.8. The highest BCUT2D eigenvalue weighted by Gasteiger charge is 2.14. The number of carbonyl (C=O) groups is 6. The number of aliphatic imine (C=N–C) groups is 1. The summed E-state index contributed by atoms with van der Waals surface area (Å²) >= 11 is 2.15. The Morgan fingerprint density at radius 3 is 1.71 bits per heavy atom. The quantitative estimate of drug-likeness (QED) is 0.0281. The van der Waals surface area contributed by atoms with Crippen LogP contribution in [0.25, 0.3) is 0 Å². The molecule has 0 atom stereocenters. The molecule has 0 bridgehead atoms. The fourth-order valence-electron chi connectivity index (χ4n) is 4.44. The van der Waals surface area contributed by atoms with Crippen LogP contribution in [0.15, 0.2) is 59.6 Å². The number of aryl methyl sites for hydroxylation is 1. The van der Waals surface area contributed by atoms with E-state index >= 15 is 0 Å². The number of hydrogen-bond donors (Lipinski definition) is 4. The maximum atomic E-state index is 12.0. The Morgan fingerprint density at radius 2 is 1.27 bits per heavy atom. The third-order valence-corrected chi connectivity index (χ3v) is 7.69. The van der Waals surface area contributed by atoms with Crippen molar-refractivity contribution in [3.8, 4) is 11.5 Å². The van der Waals surface area contributed by atoms with E-state index in [1.807, 2.05) is 44.9 Å². The van der Waals surface area contributed by atoms with E-state index in [-0.39, 0.29) is 47.1 Å². The van der Waals surface area contributed by atoms with Crippen LogP contribution in [0, 0.1) is 17.8 Å². The van der Waals surface area contributed by atoms with Crippen molar-refractivity contribution in [1.82, 2.24) is 0 Å². The van der Waals surface area contributed by atoms with Crippen LogP contribution in [0.3, 0.4) is 0 Å². The number of nitrogens with zero attached hydrogens (tertiary/aromatic N) is 1. The largest absolute Gasteiger partial charge is 0.495 e. The number of Topliss-reactive ketones (excluding diaryl/α,β-unsaturated/α-hetero) is 1. The topological polar surface area (TPSA) is 236 Å². The molecular formula is C46H67IN4O11. The minimum absolute atomic E-state index is 0.0714. The number of methoxy groups -OCH3 is 2. The average Bonchev–Trinajstić information content (AvgIpc) is 3.21. The van der Waals surface area contributed by atoms with Gasteiger partial charge in [0.05, 0.1) is 68.6 Å². The Hall–Kier alpha value is -5.36. The minimum Gasteiger partial charge on any atom is -0.495 e. The smallest absolute Gasteiger partial charge is 0.338 e. The zero-order chi connectivity index (χ0) is 48.1.